The standard InChI is InChI=1S/C14H22N4/c1-11-8-13(15)14(16-9-11)18-7-3-6-17-5-2-4-12(17)10-18/h8-9,12H,2-7,10,15H2,1H3. The molecule has 1 aromatic heterocycles. The predicted molar refractivity (Wildman–Crippen MR) is 74.8 cm³/mol. The molecule has 2 N–H and O–H groups in total. The highest BCUT2D eigenvalue weighted by atomic mass is 15.3. The van der Waals surface area contributed by atoms with Gasteiger partial charge in [0.15, 0.2) is 5.82 Å². The third-order valence-corrected chi connectivity index (χ3v) is 4.13. The van der Waals surface area contributed by atoms with Crippen LogP contribution < -0.4 is 10.6 Å². The fraction of sp³-hybridized carbons (Fsp3) is 0.643. The van der Waals surface area contributed by atoms with Crippen LogP contribution in [-0.2, 0) is 0 Å². The summed E-state index contributed by atoms with van der Waals surface area (Å²) in [5.74, 6) is 0.981. The van der Waals surface area contributed by atoms with Crippen molar-refractivity contribution in [1.29, 1.82) is 0 Å². The van der Waals surface area contributed by atoms with Crippen LogP contribution in [0.4, 0.5) is 11.5 Å². The maximum Gasteiger partial charge on any atom is 0.151 e. The largest absolute Gasteiger partial charge is 0.396 e. The summed E-state index contributed by atoms with van der Waals surface area (Å²) in [4.78, 5) is 9.55. The van der Waals surface area contributed by atoms with Crippen LogP contribution in [0.3, 0.4) is 0 Å². The zero-order valence-electron chi connectivity index (χ0n) is 11.1. The Morgan fingerprint density at radius 3 is 2.94 bits per heavy atom. The molecular weight excluding hydrogens is 224 g/mol. The number of fused-ring (bicyclic) bond motifs is 1. The molecule has 2 fully saturated rings. The van der Waals surface area contributed by atoms with Gasteiger partial charge in [0.1, 0.15) is 0 Å². The van der Waals surface area contributed by atoms with Crippen LogP contribution in [0.25, 0.3) is 0 Å². The summed E-state index contributed by atoms with van der Waals surface area (Å²) in [5.41, 5.74) is 8.08. The van der Waals surface area contributed by atoms with Crippen molar-refractivity contribution in [3.8, 4) is 0 Å². The maximum atomic E-state index is 6.12. The Kier molecular flexibility index (Phi) is 3.12. The predicted octanol–water partition coefficient (Wildman–Crippen LogP) is 1.65. The van der Waals surface area contributed by atoms with Crippen molar-refractivity contribution in [3.63, 3.8) is 0 Å². The van der Waals surface area contributed by atoms with E-state index in [9.17, 15) is 0 Å². The first-order valence-electron chi connectivity index (χ1n) is 6.95. The van der Waals surface area contributed by atoms with Crippen LogP contribution in [0.5, 0.6) is 0 Å². The van der Waals surface area contributed by atoms with Crippen molar-refractivity contribution >= 4 is 11.5 Å². The summed E-state index contributed by atoms with van der Waals surface area (Å²) < 4.78 is 0. The van der Waals surface area contributed by atoms with Crippen molar-refractivity contribution in [1.82, 2.24) is 9.88 Å². The number of nitrogens with zero attached hydrogens (tertiary/aromatic N) is 3. The third-order valence-electron chi connectivity index (χ3n) is 4.13. The van der Waals surface area contributed by atoms with Gasteiger partial charge >= 0.3 is 0 Å². The number of nitrogen functional groups attached to an aromatic ring is 1. The first-order valence-corrected chi connectivity index (χ1v) is 6.95. The molecule has 0 radical (unpaired) electrons. The van der Waals surface area contributed by atoms with Crippen LogP contribution in [0.15, 0.2) is 12.3 Å². The van der Waals surface area contributed by atoms with Gasteiger partial charge in [-0.25, -0.2) is 4.98 Å². The number of aryl methyl sites for hydroxylation is 1. The van der Waals surface area contributed by atoms with Crippen molar-refractivity contribution in [2.75, 3.05) is 36.8 Å². The molecule has 0 bridgehead atoms. The fourth-order valence-electron chi connectivity index (χ4n) is 3.25. The van der Waals surface area contributed by atoms with E-state index in [0.29, 0.717) is 6.04 Å². The van der Waals surface area contributed by atoms with Gasteiger partial charge in [-0.05, 0) is 44.4 Å². The summed E-state index contributed by atoms with van der Waals surface area (Å²) in [6.45, 7) is 6.70. The lowest BCUT2D eigenvalue weighted by molar-refractivity contribution is 0.273. The SMILES string of the molecule is Cc1cnc(N2CCCN3CCCC3C2)c(N)c1. The smallest absolute Gasteiger partial charge is 0.151 e. The van der Waals surface area contributed by atoms with Gasteiger partial charge in [0, 0.05) is 31.9 Å². The van der Waals surface area contributed by atoms with Crippen LogP contribution in [-0.4, -0.2) is 42.1 Å². The quantitative estimate of drug-likeness (QED) is 0.818. The zero-order valence-corrected chi connectivity index (χ0v) is 11.1. The molecule has 3 heterocycles. The second kappa shape index (κ2) is 4.76. The summed E-state index contributed by atoms with van der Waals surface area (Å²) in [6.07, 6.45) is 5.80. The first-order chi connectivity index (χ1) is 8.74. The van der Waals surface area contributed by atoms with E-state index in [4.69, 9.17) is 5.73 Å². The lowest BCUT2D eigenvalue weighted by atomic mass is 10.2. The van der Waals surface area contributed by atoms with Gasteiger partial charge in [-0.1, -0.05) is 0 Å². The second-order valence-electron chi connectivity index (χ2n) is 5.56. The van der Waals surface area contributed by atoms with Crippen molar-refractivity contribution in [2.45, 2.75) is 32.2 Å². The Labute approximate surface area is 109 Å². The van der Waals surface area contributed by atoms with Gasteiger partial charge in [-0.2, -0.15) is 0 Å². The van der Waals surface area contributed by atoms with Gasteiger partial charge in [0.2, 0.25) is 0 Å². The van der Waals surface area contributed by atoms with E-state index in [0.717, 1.165) is 30.2 Å². The van der Waals surface area contributed by atoms with E-state index < -0.39 is 0 Å². The molecule has 0 aliphatic carbocycles. The molecular formula is C14H22N4. The molecule has 0 spiro atoms. The van der Waals surface area contributed by atoms with Crippen molar-refractivity contribution in [3.05, 3.63) is 17.8 Å². The van der Waals surface area contributed by atoms with E-state index in [1.807, 2.05) is 19.2 Å². The van der Waals surface area contributed by atoms with Gasteiger partial charge in [0.05, 0.1) is 5.69 Å². The lowest BCUT2D eigenvalue weighted by Gasteiger charge is -2.27. The Morgan fingerprint density at radius 1 is 1.28 bits per heavy atom. The fourth-order valence-corrected chi connectivity index (χ4v) is 3.25. The second-order valence-corrected chi connectivity index (χ2v) is 5.56. The molecule has 4 nitrogen and oxygen atoms in total. The molecule has 4 heteroatoms. The minimum absolute atomic E-state index is 0.704. The monoisotopic (exact) mass is 246 g/mol. The van der Waals surface area contributed by atoms with Gasteiger partial charge in [0.25, 0.3) is 0 Å². The summed E-state index contributed by atoms with van der Waals surface area (Å²) in [6, 6.07) is 2.73. The molecule has 0 amide bonds. The third kappa shape index (κ3) is 2.17. The van der Waals surface area contributed by atoms with E-state index in [1.54, 1.807) is 0 Å². The van der Waals surface area contributed by atoms with Gasteiger partial charge in [-0.3, -0.25) is 4.90 Å². The summed E-state index contributed by atoms with van der Waals surface area (Å²) in [7, 11) is 0. The van der Waals surface area contributed by atoms with Gasteiger partial charge in [-0.15, -0.1) is 0 Å². The minimum atomic E-state index is 0.704. The highest BCUT2D eigenvalue weighted by Gasteiger charge is 2.29. The zero-order chi connectivity index (χ0) is 12.5. The van der Waals surface area contributed by atoms with E-state index in [-0.39, 0.29) is 0 Å². The van der Waals surface area contributed by atoms with Crippen molar-refractivity contribution in [2.24, 2.45) is 0 Å². The topological polar surface area (TPSA) is 45.4 Å². The minimum Gasteiger partial charge on any atom is -0.396 e. The van der Waals surface area contributed by atoms with E-state index in [1.165, 1.54) is 32.4 Å². The number of anilines is 2. The summed E-state index contributed by atoms with van der Waals surface area (Å²) >= 11 is 0. The summed E-state index contributed by atoms with van der Waals surface area (Å²) in [5, 5.41) is 0. The Bertz CT molecular complexity index is 432. The van der Waals surface area contributed by atoms with Crippen LogP contribution in [0.2, 0.25) is 0 Å². The average Bonchev–Trinajstić information content (AvgIpc) is 2.67. The molecule has 3 rings (SSSR count). The van der Waals surface area contributed by atoms with Crippen LogP contribution in [0.1, 0.15) is 24.8 Å². The number of pyridine rings is 1. The normalized spacial score (nSPS) is 24.9. The number of nitrogens with two attached hydrogens (primary N) is 1. The number of aromatic nitrogens is 1. The molecule has 98 valence electrons. The molecule has 2 aliphatic heterocycles. The van der Waals surface area contributed by atoms with E-state index in [2.05, 4.69) is 14.8 Å². The highest BCUT2D eigenvalue weighted by Crippen LogP contribution is 2.27. The number of hydrogen-bond acceptors (Lipinski definition) is 4. The molecule has 18 heavy (non-hydrogen) atoms. The molecule has 0 saturated carbocycles. The molecule has 1 aromatic rings. The Morgan fingerprint density at radius 2 is 2.11 bits per heavy atom. The molecule has 0 aromatic carbocycles. The van der Waals surface area contributed by atoms with E-state index >= 15 is 0 Å². The number of rotatable bonds is 1. The molecule has 2 saturated heterocycles. The first kappa shape index (κ1) is 11.8. The molecule has 1 unspecified atom stereocenters. The lowest BCUT2D eigenvalue weighted by Crippen LogP contribution is -2.37. The Balaban J connectivity index is 1.82. The van der Waals surface area contributed by atoms with Crippen molar-refractivity contribution < 1.29 is 0 Å². The maximum absolute atomic E-state index is 6.12. The van der Waals surface area contributed by atoms with Crippen LogP contribution in [0, 0.1) is 6.92 Å². The number of hydrogen-bond donors (Lipinski definition) is 1. The van der Waals surface area contributed by atoms with Gasteiger partial charge < -0.3 is 10.6 Å². The molecule has 2 aliphatic rings. The van der Waals surface area contributed by atoms with Crippen LogP contribution >= 0.6 is 0 Å². The average molecular weight is 246 g/mol. The highest BCUT2D eigenvalue weighted by molar-refractivity contribution is 5.63. The molecule has 1 atom stereocenters. The Hall–Kier alpha value is -1.29.